The van der Waals surface area contributed by atoms with Gasteiger partial charge in [-0.3, -0.25) is 4.79 Å². The topological polar surface area (TPSA) is 69.0 Å². The Hall–Kier alpha value is -3.22. The molecule has 150 valence electrons. The van der Waals surface area contributed by atoms with Gasteiger partial charge in [-0.2, -0.15) is 0 Å². The molecule has 0 radical (unpaired) electrons. The van der Waals surface area contributed by atoms with E-state index in [0.717, 1.165) is 30.9 Å². The predicted molar refractivity (Wildman–Crippen MR) is 107 cm³/mol. The second-order valence-electron chi connectivity index (χ2n) is 7.21. The molecule has 0 bridgehead atoms. The minimum absolute atomic E-state index is 0.0626. The van der Waals surface area contributed by atoms with Gasteiger partial charge in [0.25, 0.3) is 0 Å². The number of hydrogen-bond acceptors (Lipinski definition) is 4. The van der Waals surface area contributed by atoms with Crippen LogP contribution in [0, 0.1) is 5.82 Å². The number of carbonyl (C=O) groups is 1. The molecule has 2 heterocycles. The number of benzene rings is 2. The van der Waals surface area contributed by atoms with Gasteiger partial charge in [0.15, 0.2) is 0 Å². The predicted octanol–water partition coefficient (Wildman–Crippen LogP) is 3.94. The Kier molecular flexibility index (Phi) is 5.84. The molecule has 2 aromatic carbocycles. The van der Waals surface area contributed by atoms with Crippen LogP contribution in [0.25, 0.3) is 0 Å². The van der Waals surface area contributed by atoms with Crippen LogP contribution in [-0.4, -0.2) is 27.3 Å². The van der Waals surface area contributed by atoms with E-state index < -0.39 is 0 Å². The standard InChI is InChI=1S/C22H23FN4O2/c23-18-3-1-4-20(13-18)29-12-2-5-22(28)25-19-9-6-16(7-10-19)17-8-11-21-26-24-15-27(21)14-17/h1,3-4,6-7,9-10,13,15,17H,2,5,8,11-12,14H2,(H,25,28)/t17-/m1/s1. The lowest BCUT2D eigenvalue weighted by Crippen LogP contribution is -2.18. The highest BCUT2D eigenvalue weighted by atomic mass is 19.1. The molecule has 0 spiro atoms. The fourth-order valence-electron chi connectivity index (χ4n) is 3.57. The van der Waals surface area contributed by atoms with E-state index in [-0.39, 0.29) is 11.7 Å². The second kappa shape index (κ2) is 8.86. The Morgan fingerprint density at radius 1 is 1.24 bits per heavy atom. The van der Waals surface area contributed by atoms with E-state index in [9.17, 15) is 9.18 Å². The third kappa shape index (κ3) is 4.99. The first-order valence-corrected chi connectivity index (χ1v) is 9.82. The van der Waals surface area contributed by atoms with Crippen LogP contribution in [0.3, 0.4) is 0 Å². The van der Waals surface area contributed by atoms with E-state index in [2.05, 4.69) is 32.2 Å². The lowest BCUT2D eigenvalue weighted by atomic mass is 9.91. The van der Waals surface area contributed by atoms with Crippen LogP contribution in [0.15, 0.2) is 54.9 Å². The van der Waals surface area contributed by atoms with Crippen molar-refractivity contribution < 1.29 is 13.9 Å². The molecular formula is C22H23FN4O2. The van der Waals surface area contributed by atoms with Crippen molar-refractivity contribution in [2.24, 2.45) is 0 Å². The highest BCUT2D eigenvalue weighted by molar-refractivity contribution is 5.90. The number of aromatic nitrogens is 3. The zero-order chi connectivity index (χ0) is 20.1. The van der Waals surface area contributed by atoms with Crippen LogP contribution in [0.4, 0.5) is 10.1 Å². The molecule has 1 atom stereocenters. The molecule has 0 fully saturated rings. The van der Waals surface area contributed by atoms with Gasteiger partial charge < -0.3 is 14.6 Å². The fraction of sp³-hybridized carbons (Fsp3) is 0.318. The zero-order valence-corrected chi connectivity index (χ0v) is 16.1. The first-order chi connectivity index (χ1) is 14.2. The second-order valence-corrected chi connectivity index (χ2v) is 7.21. The summed E-state index contributed by atoms with van der Waals surface area (Å²) in [5.41, 5.74) is 2.04. The van der Waals surface area contributed by atoms with E-state index in [1.165, 1.54) is 17.7 Å². The molecule has 6 nitrogen and oxygen atoms in total. The average molecular weight is 394 g/mol. The SMILES string of the molecule is O=C(CCCOc1cccc(F)c1)Nc1ccc([C@@H]2CCc3nncn3C2)cc1. The Balaban J connectivity index is 1.22. The van der Waals surface area contributed by atoms with Gasteiger partial charge in [0, 0.05) is 37.1 Å². The third-order valence-corrected chi connectivity index (χ3v) is 5.11. The van der Waals surface area contributed by atoms with Crippen molar-refractivity contribution in [1.82, 2.24) is 14.8 Å². The summed E-state index contributed by atoms with van der Waals surface area (Å²) in [6, 6.07) is 14.0. The number of aryl methyl sites for hydroxylation is 1. The number of halogens is 1. The Morgan fingerprint density at radius 3 is 2.93 bits per heavy atom. The van der Waals surface area contributed by atoms with Crippen molar-refractivity contribution in [3.05, 3.63) is 72.1 Å². The van der Waals surface area contributed by atoms with Gasteiger partial charge >= 0.3 is 0 Å². The normalized spacial score (nSPS) is 15.6. The summed E-state index contributed by atoms with van der Waals surface area (Å²) in [4.78, 5) is 12.1. The van der Waals surface area contributed by atoms with Crippen molar-refractivity contribution in [2.45, 2.75) is 38.1 Å². The largest absolute Gasteiger partial charge is 0.493 e. The summed E-state index contributed by atoms with van der Waals surface area (Å²) in [6.07, 6.45) is 4.67. The number of anilines is 1. The van der Waals surface area contributed by atoms with Crippen molar-refractivity contribution in [3.63, 3.8) is 0 Å². The maximum Gasteiger partial charge on any atom is 0.224 e. The van der Waals surface area contributed by atoms with E-state index in [1.54, 1.807) is 18.5 Å². The highest BCUT2D eigenvalue weighted by Gasteiger charge is 2.20. The van der Waals surface area contributed by atoms with Crippen molar-refractivity contribution in [2.75, 3.05) is 11.9 Å². The van der Waals surface area contributed by atoms with E-state index in [0.29, 0.717) is 31.1 Å². The van der Waals surface area contributed by atoms with Gasteiger partial charge in [-0.05, 0) is 42.7 Å². The first-order valence-electron chi connectivity index (χ1n) is 9.82. The summed E-state index contributed by atoms with van der Waals surface area (Å²) in [5, 5.41) is 11.0. The number of ether oxygens (including phenoxy) is 1. The summed E-state index contributed by atoms with van der Waals surface area (Å²) in [5.74, 6) is 1.56. The van der Waals surface area contributed by atoms with Crippen LogP contribution >= 0.6 is 0 Å². The molecule has 0 saturated heterocycles. The lowest BCUT2D eigenvalue weighted by molar-refractivity contribution is -0.116. The van der Waals surface area contributed by atoms with Gasteiger partial charge in [-0.15, -0.1) is 10.2 Å². The van der Waals surface area contributed by atoms with Crippen LogP contribution in [0.2, 0.25) is 0 Å². The fourth-order valence-corrected chi connectivity index (χ4v) is 3.57. The molecular weight excluding hydrogens is 371 g/mol. The van der Waals surface area contributed by atoms with Gasteiger partial charge in [-0.1, -0.05) is 18.2 Å². The van der Waals surface area contributed by atoms with Crippen LogP contribution in [0.5, 0.6) is 5.75 Å². The van der Waals surface area contributed by atoms with Crippen LogP contribution in [0.1, 0.15) is 36.6 Å². The Bertz CT molecular complexity index is 971. The maximum absolute atomic E-state index is 13.1. The number of hydrogen-bond donors (Lipinski definition) is 1. The maximum atomic E-state index is 13.1. The van der Waals surface area contributed by atoms with E-state index in [4.69, 9.17) is 4.74 Å². The molecule has 1 aliphatic rings. The Morgan fingerprint density at radius 2 is 2.10 bits per heavy atom. The minimum Gasteiger partial charge on any atom is -0.493 e. The third-order valence-electron chi connectivity index (χ3n) is 5.11. The molecule has 3 aromatic rings. The molecule has 1 N–H and O–H groups in total. The molecule has 0 unspecified atom stereocenters. The molecule has 7 heteroatoms. The molecule has 1 amide bonds. The van der Waals surface area contributed by atoms with Gasteiger partial charge in [0.05, 0.1) is 6.61 Å². The number of nitrogens with one attached hydrogen (secondary N) is 1. The van der Waals surface area contributed by atoms with Crippen molar-refractivity contribution >= 4 is 11.6 Å². The van der Waals surface area contributed by atoms with Crippen molar-refractivity contribution in [3.8, 4) is 5.75 Å². The zero-order valence-electron chi connectivity index (χ0n) is 16.1. The average Bonchev–Trinajstić information content (AvgIpc) is 3.20. The number of fused-ring (bicyclic) bond motifs is 1. The van der Waals surface area contributed by atoms with E-state index in [1.807, 2.05) is 12.1 Å². The number of amides is 1. The summed E-state index contributed by atoms with van der Waals surface area (Å²) < 4.78 is 20.7. The van der Waals surface area contributed by atoms with Gasteiger partial charge in [0.1, 0.15) is 23.7 Å². The molecule has 1 aromatic heterocycles. The van der Waals surface area contributed by atoms with Crippen LogP contribution < -0.4 is 10.1 Å². The number of nitrogens with zero attached hydrogens (tertiary/aromatic N) is 3. The lowest BCUT2D eigenvalue weighted by Gasteiger charge is -2.23. The molecule has 0 saturated carbocycles. The quantitative estimate of drug-likeness (QED) is 0.616. The van der Waals surface area contributed by atoms with E-state index >= 15 is 0 Å². The summed E-state index contributed by atoms with van der Waals surface area (Å²) >= 11 is 0. The van der Waals surface area contributed by atoms with Crippen LogP contribution in [-0.2, 0) is 17.8 Å². The minimum atomic E-state index is -0.334. The first kappa shape index (κ1) is 19.1. The highest BCUT2D eigenvalue weighted by Crippen LogP contribution is 2.28. The van der Waals surface area contributed by atoms with Gasteiger partial charge in [0.2, 0.25) is 5.91 Å². The summed E-state index contributed by atoms with van der Waals surface area (Å²) in [7, 11) is 0. The van der Waals surface area contributed by atoms with Gasteiger partial charge in [-0.25, -0.2) is 4.39 Å². The Labute approximate surface area is 168 Å². The summed E-state index contributed by atoms with van der Waals surface area (Å²) in [6.45, 7) is 1.25. The smallest absolute Gasteiger partial charge is 0.224 e. The molecule has 29 heavy (non-hydrogen) atoms. The molecule has 0 aliphatic carbocycles. The number of rotatable bonds is 7. The number of carbonyl (C=O) groups excluding carboxylic acids is 1. The van der Waals surface area contributed by atoms with Crippen molar-refractivity contribution in [1.29, 1.82) is 0 Å². The monoisotopic (exact) mass is 394 g/mol. The molecule has 1 aliphatic heterocycles. The molecule has 4 rings (SSSR count).